The van der Waals surface area contributed by atoms with Crippen molar-refractivity contribution in [3.05, 3.63) is 64.9 Å². The van der Waals surface area contributed by atoms with Gasteiger partial charge < -0.3 is 24.5 Å². The van der Waals surface area contributed by atoms with Gasteiger partial charge in [0.15, 0.2) is 5.69 Å². The van der Waals surface area contributed by atoms with E-state index < -0.39 is 11.4 Å². The first kappa shape index (κ1) is 29.7. The SMILES string of the molecule is C[C@@H]1CN(CC(=O)N2CC(C)(C)c3c2cc(Cc2ccc(F)cc2)c2nc(C(=O)O)cn32)[C@@H](CN2CCOC[C@H]2C)CN1. The predicted octanol–water partition coefficient (Wildman–Crippen LogP) is 2.77. The Morgan fingerprint density at radius 1 is 1.19 bits per heavy atom. The summed E-state index contributed by atoms with van der Waals surface area (Å²) in [7, 11) is 0. The summed E-state index contributed by atoms with van der Waals surface area (Å²) in [5.41, 5.74) is 3.34. The number of carbonyl (C=O) groups excluding carboxylic acids is 1. The summed E-state index contributed by atoms with van der Waals surface area (Å²) in [5, 5.41) is 13.4. The summed E-state index contributed by atoms with van der Waals surface area (Å²) in [4.78, 5) is 37.3. The predicted molar refractivity (Wildman–Crippen MR) is 161 cm³/mol. The summed E-state index contributed by atoms with van der Waals surface area (Å²) in [6.45, 7) is 14.1. The van der Waals surface area contributed by atoms with Crippen LogP contribution in [0.15, 0.2) is 36.5 Å². The number of nitrogens with one attached hydrogen (secondary N) is 1. The lowest BCUT2D eigenvalue weighted by molar-refractivity contribution is -0.121. The number of piperazine rings is 1. The number of carboxylic acids is 1. The molecule has 0 spiro atoms. The topological polar surface area (TPSA) is 103 Å². The van der Waals surface area contributed by atoms with Crippen LogP contribution < -0.4 is 10.2 Å². The fourth-order valence-corrected chi connectivity index (χ4v) is 6.88. The van der Waals surface area contributed by atoms with Crippen molar-refractivity contribution in [1.29, 1.82) is 0 Å². The molecule has 3 aliphatic heterocycles. The van der Waals surface area contributed by atoms with Gasteiger partial charge in [-0.3, -0.25) is 14.6 Å². The largest absolute Gasteiger partial charge is 0.476 e. The molecule has 1 aromatic carbocycles. The van der Waals surface area contributed by atoms with E-state index >= 15 is 0 Å². The highest BCUT2D eigenvalue weighted by atomic mass is 19.1. The van der Waals surface area contributed by atoms with Crippen molar-refractivity contribution >= 4 is 23.2 Å². The standard InChI is InChI=1S/C32H41FN6O4/c1-20-14-37(25(13-34-20)15-36-9-10-43-18-21(36)2)17-28(40)39-19-32(3,4)29-27(39)12-23(11-22-5-7-24(33)8-6-22)30-35-26(31(41)42)16-38(29)30/h5-8,12,16,20-21,25,34H,9-11,13-15,17-19H2,1-4H3,(H,41,42)/t20-,21-,25-/m1/s1. The number of morpholine rings is 1. The molecule has 1 amide bonds. The van der Waals surface area contributed by atoms with Gasteiger partial charge in [0.25, 0.3) is 0 Å². The second-order valence-corrected chi connectivity index (χ2v) is 13.0. The van der Waals surface area contributed by atoms with Crippen molar-refractivity contribution in [2.75, 3.05) is 57.4 Å². The number of pyridine rings is 1. The Kier molecular flexibility index (Phi) is 8.01. The molecule has 2 saturated heterocycles. The van der Waals surface area contributed by atoms with Crippen LogP contribution in [-0.4, -0.2) is 107 Å². The van der Waals surface area contributed by atoms with Crippen LogP contribution in [0.1, 0.15) is 55.0 Å². The van der Waals surface area contributed by atoms with Crippen LogP contribution in [0.4, 0.5) is 10.1 Å². The molecule has 3 aliphatic rings. The Morgan fingerprint density at radius 3 is 2.67 bits per heavy atom. The number of amides is 1. The Hall–Kier alpha value is -3.38. The summed E-state index contributed by atoms with van der Waals surface area (Å²) in [5.74, 6) is -1.41. The lowest BCUT2D eigenvalue weighted by Gasteiger charge is -2.43. The van der Waals surface area contributed by atoms with Crippen LogP contribution in [0.3, 0.4) is 0 Å². The number of carboxylic acid groups (broad SMARTS) is 1. The van der Waals surface area contributed by atoms with Crippen LogP contribution in [0, 0.1) is 5.82 Å². The maximum absolute atomic E-state index is 14.2. The van der Waals surface area contributed by atoms with Crippen LogP contribution >= 0.6 is 0 Å². The number of fused-ring (bicyclic) bond motifs is 3. The average molecular weight is 593 g/mol. The third-order valence-electron chi connectivity index (χ3n) is 9.12. The monoisotopic (exact) mass is 592 g/mol. The number of rotatable bonds is 7. The number of halogens is 1. The van der Waals surface area contributed by atoms with Gasteiger partial charge in [0, 0.05) is 74.4 Å². The van der Waals surface area contributed by atoms with Gasteiger partial charge >= 0.3 is 5.97 Å². The van der Waals surface area contributed by atoms with Gasteiger partial charge in [-0.05, 0) is 37.6 Å². The fourth-order valence-electron chi connectivity index (χ4n) is 6.88. The Morgan fingerprint density at radius 2 is 1.95 bits per heavy atom. The first-order valence-corrected chi connectivity index (χ1v) is 15.1. The number of anilines is 1. The van der Waals surface area contributed by atoms with Crippen molar-refractivity contribution < 1.29 is 23.8 Å². The Balaban J connectivity index is 1.33. The molecule has 0 unspecified atom stereocenters. The molecule has 5 heterocycles. The summed E-state index contributed by atoms with van der Waals surface area (Å²) in [6, 6.07) is 9.04. The van der Waals surface area contributed by atoms with Gasteiger partial charge in [0.2, 0.25) is 5.91 Å². The molecule has 3 aromatic rings. The van der Waals surface area contributed by atoms with E-state index in [1.54, 1.807) is 18.3 Å². The van der Waals surface area contributed by atoms with Crippen molar-refractivity contribution in [2.45, 2.75) is 57.7 Å². The third kappa shape index (κ3) is 5.91. The first-order valence-electron chi connectivity index (χ1n) is 15.1. The maximum atomic E-state index is 14.2. The van der Waals surface area contributed by atoms with Crippen molar-refractivity contribution in [2.24, 2.45) is 0 Å². The molecule has 6 rings (SSSR count). The fraction of sp³-hybridized carbons (Fsp3) is 0.531. The van der Waals surface area contributed by atoms with E-state index in [0.29, 0.717) is 31.2 Å². The van der Waals surface area contributed by atoms with Gasteiger partial charge in [0.05, 0.1) is 31.1 Å². The molecule has 43 heavy (non-hydrogen) atoms. The summed E-state index contributed by atoms with van der Waals surface area (Å²) in [6.07, 6.45) is 1.97. The van der Waals surface area contributed by atoms with Crippen LogP contribution in [0.25, 0.3) is 5.65 Å². The highest BCUT2D eigenvalue weighted by molar-refractivity contribution is 5.98. The van der Waals surface area contributed by atoms with Gasteiger partial charge in [0.1, 0.15) is 11.5 Å². The van der Waals surface area contributed by atoms with Crippen LogP contribution in [-0.2, 0) is 21.4 Å². The van der Waals surface area contributed by atoms with E-state index in [2.05, 4.69) is 47.8 Å². The zero-order valence-corrected chi connectivity index (χ0v) is 25.3. The van der Waals surface area contributed by atoms with E-state index in [1.807, 2.05) is 15.4 Å². The van der Waals surface area contributed by atoms with Gasteiger partial charge in [-0.2, -0.15) is 0 Å². The smallest absolute Gasteiger partial charge is 0.356 e. The molecule has 0 bridgehead atoms. The first-order chi connectivity index (χ1) is 20.5. The Bertz CT molecular complexity index is 1520. The number of carbonyl (C=O) groups is 2. The van der Waals surface area contributed by atoms with E-state index in [9.17, 15) is 19.1 Å². The molecule has 230 valence electrons. The number of aromatic carboxylic acids is 1. The molecule has 10 nitrogen and oxygen atoms in total. The van der Waals surface area contributed by atoms with Crippen molar-refractivity contribution in [3.63, 3.8) is 0 Å². The van der Waals surface area contributed by atoms with Gasteiger partial charge in [-0.25, -0.2) is 14.2 Å². The van der Waals surface area contributed by atoms with E-state index in [4.69, 9.17) is 4.74 Å². The minimum absolute atomic E-state index is 0.0200. The Labute approximate surface area is 251 Å². The molecule has 11 heteroatoms. The van der Waals surface area contributed by atoms with Crippen molar-refractivity contribution in [3.8, 4) is 0 Å². The molecule has 0 saturated carbocycles. The average Bonchev–Trinajstić information content (AvgIpc) is 3.52. The molecule has 2 aromatic heterocycles. The molecular formula is C32H41FN6O4. The highest BCUT2D eigenvalue weighted by Gasteiger charge is 2.42. The third-order valence-corrected chi connectivity index (χ3v) is 9.12. The number of aromatic nitrogens is 2. The van der Waals surface area contributed by atoms with Gasteiger partial charge in [-0.15, -0.1) is 0 Å². The molecular weight excluding hydrogens is 551 g/mol. The minimum Gasteiger partial charge on any atom is -0.476 e. The summed E-state index contributed by atoms with van der Waals surface area (Å²) >= 11 is 0. The molecule has 0 radical (unpaired) electrons. The number of benzene rings is 1. The lowest BCUT2D eigenvalue weighted by Crippen LogP contribution is -2.62. The van der Waals surface area contributed by atoms with Crippen LogP contribution in [0.2, 0.25) is 0 Å². The number of hydrogen-bond donors (Lipinski definition) is 2. The maximum Gasteiger partial charge on any atom is 0.356 e. The minimum atomic E-state index is -1.11. The van der Waals surface area contributed by atoms with Crippen LogP contribution in [0.5, 0.6) is 0 Å². The highest BCUT2D eigenvalue weighted by Crippen LogP contribution is 2.42. The zero-order valence-electron chi connectivity index (χ0n) is 25.3. The van der Waals surface area contributed by atoms with Gasteiger partial charge in [-0.1, -0.05) is 26.0 Å². The quantitative estimate of drug-likeness (QED) is 0.432. The van der Waals surface area contributed by atoms with E-state index in [-0.39, 0.29) is 29.5 Å². The zero-order chi connectivity index (χ0) is 30.5. The second kappa shape index (κ2) is 11.6. The molecule has 2 fully saturated rings. The number of imidazole rings is 1. The lowest BCUT2D eigenvalue weighted by atomic mass is 9.90. The van der Waals surface area contributed by atoms with E-state index in [0.717, 1.165) is 61.9 Å². The number of ether oxygens (including phenoxy) is 1. The number of nitrogens with zero attached hydrogens (tertiary/aromatic N) is 5. The molecule has 3 atom stereocenters. The second-order valence-electron chi connectivity index (χ2n) is 13.0. The van der Waals surface area contributed by atoms with Crippen molar-refractivity contribution in [1.82, 2.24) is 24.5 Å². The molecule has 2 N–H and O–H groups in total. The normalized spacial score (nSPS) is 24.4. The van der Waals surface area contributed by atoms with E-state index in [1.165, 1.54) is 12.1 Å². The molecule has 0 aliphatic carbocycles. The number of hydrogen-bond acceptors (Lipinski definition) is 7. The summed E-state index contributed by atoms with van der Waals surface area (Å²) < 4.78 is 21.1.